The second kappa shape index (κ2) is 6.69. The normalized spacial score (nSPS) is 12.4. The van der Waals surface area contributed by atoms with Crippen molar-refractivity contribution in [3.63, 3.8) is 0 Å². The Labute approximate surface area is 119 Å². The molecule has 2 aromatic rings. The molecule has 1 aromatic carbocycles. The summed E-state index contributed by atoms with van der Waals surface area (Å²) in [4.78, 5) is 4.11. The monoisotopic (exact) mass is 274 g/mol. The summed E-state index contributed by atoms with van der Waals surface area (Å²) in [6.07, 6.45) is 4.75. The van der Waals surface area contributed by atoms with Gasteiger partial charge in [-0.1, -0.05) is 23.7 Å². The van der Waals surface area contributed by atoms with Gasteiger partial charge in [0.1, 0.15) is 0 Å². The molecule has 1 N–H and O–H groups in total. The number of benzene rings is 1. The maximum Gasteiger partial charge on any atom is 0.0406 e. The first kappa shape index (κ1) is 14.0. The summed E-state index contributed by atoms with van der Waals surface area (Å²) in [5, 5.41) is 4.33. The molecule has 3 heteroatoms. The van der Waals surface area contributed by atoms with Crippen LogP contribution in [-0.4, -0.2) is 11.0 Å². The standard InChI is InChI=1S/C16H19ClN2/c1-12-10-18-8-7-15(12)11-19-13(2)9-14-3-5-16(17)6-4-14/h3-8,10,13,19H,9,11H2,1-2H3. The van der Waals surface area contributed by atoms with E-state index in [1.807, 2.05) is 24.5 Å². The smallest absolute Gasteiger partial charge is 0.0406 e. The number of pyridine rings is 1. The van der Waals surface area contributed by atoms with Crippen LogP contribution < -0.4 is 5.32 Å². The number of hydrogen-bond donors (Lipinski definition) is 1. The molecule has 0 aliphatic rings. The van der Waals surface area contributed by atoms with Gasteiger partial charge in [0.2, 0.25) is 0 Å². The average molecular weight is 275 g/mol. The van der Waals surface area contributed by atoms with Gasteiger partial charge >= 0.3 is 0 Å². The second-order valence-corrected chi connectivity index (χ2v) is 5.35. The molecule has 100 valence electrons. The lowest BCUT2D eigenvalue weighted by molar-refractivity contribution is 0.544. The van der Waals surface area contributed by atoms with Crippen LogP contribution in [-0.2, 0) is 13.0 Å². The number of aromatic nitrogens is 1. The van der Waals surface area contributed by atoms with Crippen molar-refractivity contribution in [1.29, 1.82) is 0 Å². The third kappa shape index (κ3) is 4.34. The highest BCUT2D eigenvalue weighted by molar-refractivity contribution is 6.30. The molecule has 0 radical (unpaired) electrons. The fourth-order valence-electron chi connectivity index (χ4n) is 2.03. The molecular formula is C16H19ClN2. The first-order valence-corrected chi connectivity index (χ1v) is 6.90. The van der Waals surface area contributed by atoms with Crippen molar-refractivity contribution in [2.75, 3.05) is 0 Å². The van der Waals surface area contributed by atoms with Crippen LogP contribution in [0.4, 0.5) is 0 Å². The first-order valence-electron chi connectivity index (χ1n) is 6.52. The molecular weight excluding hydrogens is 256 g/mol. The lowest BCUT2D eigenvalue weighted by Gasteiger charge is -2.15. The van der Waals surface area contributed by atoms with Gasteiger partial charge in [-0.2, -0.15) is 0 Å². The van der Waals surface area contributed by atoms with E-state index >= 15 is 0 Å². The zero-order chi connectivity index (χ0) is 13.7. The number of halogens is 1. The maximum absolute atomic E-state index is 5.89. The Bertz CT molecular complexity index is 523. The van der Waals surface area contributed by atoms with E-state index in [2.05, 4.69) is 42.3 Å². The molecule has 0 spiro atoms. The number of aryl methyl sites for hydroxylation is 1. The fourth-order valence-corrected chi connectivity index (χ4v) is 2.16. The topological polar surface area (TPSA) is 24.9 Å². The summed E-state index contributed by atoms with van der Waals surface area (Å²) >= 11 is 5.89. The van der Waals surface area contributed by atoms with E-state index < -0.39 is 0 Å². The molecule has 1 aromatic heterocycles. The number of nitrogens with one attached hydrogen (secondary N) is 1. The lowest BCUT2D eigenvalue weighted by Crippen LogP contribution is -2.27. The van der Waals surface area contributed by atoms with E-state index in [0.717, 1.165) is 18.0 Å². The van der Waals surface area contributed by atoms with Gasteiger partial charge in [-0.15, -0.1) is 0 Å². The van der Waals surface area contributed by atoms with E-state index in [-0.39, 0.29) is 0 Å². The van der Waals surface area contributed by atoms with Gasteiger partial charge in [0.25, 0.3) is 0 Å². The second-order valence-electron chi connectivity index (χ2n) is 4.91. The average Bonchev–Trinajstić information content (AvgIpc) is 2.40. The molecule has 0 saturated carbocycles. The maximum atomic E-state index is 5.89. The molecule has 0 aliphatic heterocycles. The summed E-state index contributed by atoms with van der Waals surface area (Å²) in [7, 11) is 0. The SMILES string of the molecule is Cc1cnccc1CNC(C)Cc1ccc(Cl)cc1. The van der Waals surface area contributed by atoms with Gasteiger partial charge in [-0.05, 0) is 55.2 Å². The molecule has 0 bridgehead atoms. The van der Waals surface area contributed by atoms with Crippen molar-refractivity contribution in [2.24, 2.45) is 0 Å². The van der Waals surface area contributed by atoms with Gasteiger partial charge in [-0.3, -0.25) is 4.98 Å². The quantitative estimate of drug-likeness (QED) is 0.898. The van der Waals surface area contributed by atoms with E-state index in [4.69, 9.17) is 11.6 Å². The van der Waals surface area contributed by atoms with Crippen molar-refractivity contribution in [3.05, 3.63) is 64.4 Å². The third-order valence-electron chi connectivity index (χ3n) is 3.23. The van der Waals surface area contributed by atoms with Gasteiger partial charge < -0.3 is 5.32 Å². The summed E-state index contributed by atoms with van der Waals surface area (Å²) in [5.74, 6) is 0. The van der Waals surface area contributed by atoms with Gasteiger partial charge in [-0.25, -0.2) is 0 Å². The van der Waals surface area contributed by atoms with E-state index in [9.17, 15) is 0 Å². The molecule has 1 heterocycles. The molecule has 2 rings (SSSR count). The van der Waals surface area contributed by atoms with Crippen molar-refractivity contribution < 1.29 is 0 Å². The lowest BCUT2D eigenvalue weighted by atomic mass is 10.1. The Kier molecular flexibility index (Phi) is 4.94. The van der Waals surface area contributed by atoms with E-state index in [1.54, 1.807) is 0 Å². The molecule has 0 amide bonds. The van der Waals surface area contributed by atoms with Crippen LogP contribution in [0, 0.1) is 6.92 Å². The van der Waals surface area contributed by atoms with Crippen LogP contribution in [0.3, 0.4) is 0 Å². The molecule has 0 saturated heterocycles. The third-order valence-corrected chi connectivity index (χ3v) is 3.48. The van der Waals surface area contributed by atoms with Crippen LogP contribution in [0.2, 0.25) is 5.02 Å². The predicted octanol–water partition coefficient (Wildman–Crippen LogP) is 3.76. The van der Waals surface area contributed by atoms with Crippen molar-refractivity contribution in [1.82, 2.24) is 10.3 Å². The highest BCUT2D eigenvalue weighted by Crippen LogP contribution is 2.11. The van der Waals surface area contributed by atoms with Crippen molar-refractivity contribution in [2.45, 2.75) is 32.9 Å². The van der Waals surface area contributed by atoms with Gasteiger partial charge in [0.15, 0.2) is 0 Å². The Balaban J connectivity index is 1.86. The summed E-state index contributed by atoms with van der Waals surface area (Å²) in [6.45, 7) is 5.17. The number of hydrogen-bond acceptors (Lipinski definition) is 2. The number of rotatable bonds is 5. The Hall–Kier alpha value is -1.38. The van der Waals surface area contributed by atoms with Crippen LogP contribution in [0.15, 0.2) is 42.7 Å². The summed E-state index contributed by atoms with van der Waals surface area (Å²) in [5.41, 5.74) is 3.84. The number of nitrogens with zero attached hydrogens (tertiary/aromatic N) is 1. The molecule has 1 atom stereocenters. The zero-order valence-corrected chi connectivity index (χ0v) is 12.1. The largest absolute Gasteiger partial charge is 0.310 e. The van der Waals surface area contributed by atoms with Gasteiger partial charge in [0, 0.05) is 30.0 Å². The van der Waals surface area contributed by atoms with Crippen LogP contribution >= 0.6 is 11.6 Å². The Morgan fingerprint density at radius 1 is 1.21 bits per heavy atom. The predicted molar refractivity (Wildman–Crippen MR) is 80.4 cm³/mol. The highest BCUT2D eigenvalue weighted by atomic mass is 35.5. The summed E-state index contributed by atoms with van der Waals surface area (Å²) in [6, 6.07) is 10.5. The molecule has 2 nitrogen and oxygen atoms in total. The van der Waals surface area contributed by atoms with E-state index in [0.29, 0.717) is 6.04 Å². The Morgan fingerprint density at radius 3 is 2.63 bits per heavy atom. The fraction of sp³-hybridized carbons (Fsp3) is 0.312. The minimum absolute atomic E-state index is 0.425. The zero-order valence-electron chi connectivity index (χ0n) is 11.4. The molecule has 19 heavy (non-hydrogen) atoms. The minimum Gasteiger partial charge on any atom is -0.310 e. The molecule has 0 aliphatic carbocycles. The highest BCUT2D eigenvalue weighted by Gasteiger charge is 2.04. The van der Waals surface area contributed by atoms with Crippen molar-refractivity contribution in [3.8, 4) is 0 Å². The van der Waals surface area contributed by atoms with Gasteiger partial charge in [0.05, 0.1) is 0 Å². The van der Waals surface area contributed by atoms with Crippen LogP contribution in [0.1, 0.15) is 23.6 Å². The summed E-state index contributed by atoms with van der Waals surface area (Å²) < 4.78 is 0. The molecule has 0 fully saturated rings. The molecule has 1 unspecified atom stereocenters. The minimum atomic E-state index is 0.425. The van der Waals surface area contributed by atoms with Crippen LogP contribution in [0.5, 0.6) is 0 Å². The first-order chi connectivity index (χ1) is 9.15. The Morgan fingerprint density at radius 2 is 1.95 bits per heavy atom. The van der Waals surface area contributed by atoms with Crippen molar-refractivity contribution >= 4 is 11.6 Å². The van der Waals surface area contributed by atoms with E-state index in [1.165, 1.54) is 16.7 Å². The van der Waals surface area contributed by atoms with Crippen LogP contribution in [0.25, 0.3) is 0 Å².